The molecule has 0 radical (unpaired) electrons. The third-order valence-corrected chi connectivity index (χ3v) is 3.22. The topological polar surface area (TPSA) is 60.7 Å². The van der Waals surface area contributed by atoms with E-state index in [-0.39, 0.29) is 5.97 Å². The number of carbonyl (C=O) groups excluding carboxylic acids is 1. The van der Waals surface area contributed by atoms with Gasteiger partial charge < -0.3 is 19.2 Å². The van der Waals surface area contributed by atoms with Gasteiger partial charge in [0.2, 0.25) is 0 Å². The molecule has 0 aliphatic carbocycles. The van der Waals surface area contributed by atoms with Crippen LogP contribution in [0, 0.1) is 12.8 Å². The number of rotatable bonds is 8. The lowest BCUT2D eigenvalue weighted by molar-refractivity contribution is 0.0599. The number of aryl methyl sites for hydroxylation is 1. The van der Waals surface area contributed by atoms with Gasteiger partial charge in [0.15, 0.2) is 0 Å². The third kappa shape index (κ3) is 5.36. The summed E-state index contributed by atoms with van der Waals surface area (Å²) in [6.45, 7) is 8.24. The minimum absolute atomic E-state index is 0.375. The molecule has 0 amide bonds. The Labute approximate surface area is 126 Å². The van der Waals surface area contributed by atoms with Crippen LogP contribution in [0.5, 0.6) is 0 Å². The molecule has 1 aromatic heterocycles. The van der Waals surface area contributed by atoms with E-state index in [2.05, 4.69) is 19.2 Å². The fraction of sp³-hybridized carbons (Fsp3) is 0.562. The highest BCUT2D eigenvalue weighted by molar-refractivity contribution is 5.91. The lowest BCUT2D eigenvalue weighted by Crippen LogP contribution is -2.23. The second-order valence-corrected chi connectivity index (χ2v) is 5.15. The van der Waals surface area contributed by atoms with Crippen molar-refractivity contribution in [2.45, 2.75) is 20.8 Å². The number of hydrogen-bond donors (Lipinski definition) is 1. The Hall–Kier alpha value is -1.59. The van der Waals surface area contributed by atoms with Crippen LogP contribution in [0.3, 0.4) is 0 Å². The van der Waals surface area contributed by atoms with Crippen molar-refractivity contribution >= 4 is 12.0 Å². The van der Waals surface area contributed by atoms with Crippen molar-refractivity contribution in [3.05, 3.63) is 28.7 Å². The summed E-state index contributed by atoms with van der Waals surface area (Å²) < 4.78 is 15.4. The Kier molecular flexibility index (Phi) is 7.19. The van der Waals surface area contributed by atoms with E-state index in [4.69, 9.17) is 13.9 Å². The fourth-order valence-electron chi connectivity index (χ4n) is 1.90. The van der Waals surface area contributed by atoms with E-state index in [9.17, 15) is 4.79 Å². The predicted molar refractivity (Wildman–Crippen MR) is 82.3 cm³/mol. The minimum Gasteiger partial charge on any atom is -0.465 e. The molecule has 1 N–H and O–H groups in total. The van der Waals surface area contributed by atoms with Gasteiger partial charge in [0, 0.05) is 20.2 Å². The predicted octanol–water partition coefficient (Wildman–Crippen LogP) is 2.65. The Morgan fingerprint density at radius 2 is 2.14 bits per heavy atom. The molecule has 0 unspecified atom stereocenters. The van der Waals surface area contributed by atoms with Crippen molar-refractivity contribution in [2.75, 3.05) is 33.9 Å². The summed E-state index contributed by atoms with van der Waals surface area (Å²) in [6, 6.07) is 1.72. The summed E-state index contributed by atoms with van der Waals surface area (Å²) in [6.07, 6.45) is 1.98. The summed E-state index contributed by atoms with van der Waals surface area (Å²) in [5.41, 5.74) is 1.68. The van der Waals surface area contributed by atoms with Gasteiger partial charge in [-0.2, -0.15) is 0 Å². The number of carbonyl (C=O) groups is 1. The molecule has 5 heteroatoms. The van der Waals surface area contributed by atoms with Gasteiger partial charge in [0.05, 0.1) is 13.7 Å². The zero-order chi connectivity index (χ0) is 15.8. The van der Waals surface area contributed by atoms with Gasteiger partial charge in [-0.1, -0.05) is 19.4 Å². The third-order valence-electron chi connectivity index (χ3n) is 3.22. The molecule has 0 saturated carbocycles. The first-order valence-electron chi connectivity index (χ1n) is 7.08. The van der Waals surface area contributed by atoms with Crippen LogP contribution in [0.4, 0.5) is 0 Å². The van der Waals surface area contributed by atoms with Crippen LogP contribution >= 0.6 is 0 Å². The first-order chi connectivity index (χ1) is 9.99. The van der Waals surface area contributed by atoms with E-state index in [0.717, 1.165) is 13.1 Å². The molecular formula is C16H25NO4. The van der Waals surface area contributed by atoms with Gasteiger partial charge in [0.1, 0.15) is 17.1 Å². The summed E-state index contributed by atoms with van der Waals surface area (Å²) in [5.74, 6) is 1.25. The number of nitrogens with one attached hydrogen (secondary N) is 1. The van der Waals surface area contributed by atoms with Crippen LogP contribution in [0.2, 0.25) is 0 Å². The maximum atomic E-state index is 11.6. The monoisotopic (exact) mass is 295 g/mol. The van der Waals surface area contributed by atoms with E-state index in [0.29, 0.717) is 29.6 Å². The molecule has 0 spiro atoms. The number of hydrogen-bond acceptors (Lipinski definition) is 5. The second-order valence-electron chi connectivity index (χ2n) is 5.15. The number of methoxy groups -OCH3 is 2. The maximum Gasteiger partial charge on any atom is 0.341 e. The maximum absolute atomic E-state index is 11.6. The SMILES string of the molecule is COCCNCC(=Cc1cc(C(=O)OC)c(C)o1)C(C)C. The average molecular weight is 295 g/mol. The smallest absolute Gasteiger partial charge is 0.341 e. The number of esters is 1. The van der Waals surface area contributed by atoms with E-state index >= 15 is 0 Å². The van der Waals surface area contributed by atoms with Crippen LogP contribution < -0.4 is 5.32 Å². The van der Waals surface area contributed by atoms with E-state index < -0.39 is 0 Å². The summed E-state index contributed by atoms with van der Waals surface area (Å²) in [4.78, 5) is 11.6. The molecule has 0 aliphatic rings. The lowest BCUT2D eigenvalue weighted by atomic mass is 10.0. The number of ether oxygens (including phenoxy) is 2. The molecule has 0 bridgehead atoms. The Bertz CT molecular complexity index is 488. The van der Waals surface area contributed by atoms with Gasteiger partial charge in [-0.3, -0.25) is 0 Å². The van der Waals surface area contributed by atoms with Crippen molar-refractivity contribution in [1.29, 1.82) is 0 Å². The largest absolute Gasteiger partial charge is 0.465 e. The van der Waals surface area contributed by atoms with Gasteiger partial charge in [0.25, 0.3) is 0 Å². The first-order valence-corrected chi connectivity index (χ1v) is 7.08. The number of furan rings is 1. The molecule has 118 valence electrons. The summed E-state index contributed by atoms with van der Waals surface area (Å²) in [5, 5.41) is 3.32. The van der Waals surface area contributed by atoms with Gasteiger partial charge in [-0.25, -0.2) is 4.79 Å². The summed E-state index contributed by atoms with van der Waals surface area (Å²) in [7, 11) is 3.05. The average Bonchev–Trinajstić information content (AvgIpc) is 2.82. The Balaban J connectivity index is 2.83. The quantitative estimate of drug-likeness (QED) is 0.590. The zero-order valence-corrected chi connectivity index (χ0v) is 13.5. The van der Waals surface area contributed by atoms with Crippen molar-refractivity contribution < 1.29 is 18.7 Å². The molecule has 0 aromatic carbocycles. The van der Waals surface area contributed by atoms with E-state index in [1.165, 1.54) is 12.7 Å². The van der Waals surface area contributed by atoms with Gasteiger partial charge >= 0.3 is 5.97 Å². The van der Waals surface area contributed by atoms with Crippen molar-refractivity contribution in [3.8, 4) is 0 Å². The minimum atomic E-state index is -0.375. The highest BCUT2D eigenvalue weighted by atomic mass is 16.5. The second kappa shape index (κ2) is 8.64. The molecule has 1 heterocycles. The molecular weight excluding hydrogens is 270 g/mol. The molecule has 0 fully saturated rings. The van der Waals surface area contributed by atoms with Crippen LogP contribution in [0.15, 0.2) is 16.1 Å². The van der Waals surface area contributed by atoms with Crippen molar-refractivity contribution in [3.63, 3.8) is 0 Å². The molecule has 21 heavy (non-hydrogen) atoms. The Morgan fingerprint density at radius 3 is 2.71 bits per heavy atom. The molecule has 0 aliphatic heterocycles. The van der Waals surface area contributed by atoms with Crippen LogP contribution in [-0.4, -0.2) is 39.9 Å². The van der Waals surface area contributed by atoms with Crippen LogP contribution in [-0.2, 0) is 9.47 Å². The van der Waals surface area contributed by atoms with E-state index in [1.807, 2.05) is 6.08 Å². The molecule has 1 aromatic rings. The highest BCUT2D eigenvalue weighted by Gasteiger charge is 2.15. The molecule has 5 nitrogen and oxygen atoms in total. The first kappa shape index (κ1) is 17.5. The lowest BCUT2D eigenvalue weighted by Gasteiger charge is -2.12. The van der Waals surface area contributed by atoms with E-state index in [1.54, 1.807) is 20.1 Å². The van der Waals surface area contributed by atoms with Gasteiger partial charge in [-0.15, -0.1) is 0 Å². The molecule has 1 rings (SSSR count). The molecule has 0 atom stereocenters. The van der Waals surface area contributed by atoms with Gasteiger partial charge in [-0.05, 0) is 25.0 Å². The van der Waals surface area contributed by atoms with Crippen molar-refractivity contribution in [1.82, 2.24) is 5.32 Å². The van der Waals surface area contributed by atoms with Crippen LogP contribution in [0.1, 0.15) is 35.7 Å². The fourth-order valence-corrected chi connectivity index (χ4v) is 1.90. The molecule has 0 saturated heterocycles. The highest BCUT2D eigenvalue weighted by Crippen LogP contribution is 2.20. The normalized spacial score (nSPS) is 12.0. The van der Waals surface area contributed by atoms with Crippen molar-refractivity contribution in [2.24, 2.45) is 5.92 Å². The zero-order valence-electron chi connectivity index (χ0n) is 13.5. The summed E-state index contributed by atoms with van der Waals surface area (Å²) >= 11 is 0. The standard InChI is InChI=1S/C16H25NO4/c1-11(2)13(10-17-6-7-19-4)8-14-9-15(12(3)21-14)16(18)20-5/h8-9,11,17H,6-7,10H2,1-5H3. The Morgan fingerprint density at radius 1 is 1.43 bits per heavy atom. The van der Waals surface area contributed by atoms with Crippen LogP contribution in [0.25, 0.3) is 6.08 Å².